The van der Waals surface area contributed by atoms with Gasteiger partial charge in [-0.1, -0.05) is 0 Å². The molecule has 1 N–H and O–H groups in total. The van der Waals surface area contributed by atoms with Gasteiger partial charge < -0.3 is 10.2 Å². The Morgan fingerprint density at radius 2 is 2.07 bits per heavy atom. The molecule has 1 aromatic carbocycles. The van der Waals surface area contributed by atoms with Gasteiger partial charge in [0.05, 0.1) is 18.4 Å². The molecule has 1 saturated heterocycles. The van der Waals surface area contributed by atoms with Crippen molar-refractivity contribution in [1.82, 2.24) is 9.62 Å². The molecule has 1 fully saturated rings. The molecule has 0 bridgehead atoms. The number of likely N-dealkylation sites (N-methyl/N-ethyl adjacent to an activating group) is 1. The van der Waals surface area contributed by atoms with Gasteiger partial charge in [0.15, 0.2) is 6.29 Å². The van der Waals surface area contributed by atoms with Crippen molar-refractivity contribution in [2.24, 2.45) is 0 Å². The zero-order valence-corrected chi connectivity index (χ0v) is 16.3. The first kappa shape index (κ1) is 22.2. The van der Waals surface area contributed by atoms with E-state index in [-0.39, 0.29) is 30.4 Å². The highest BCUT2D eigenvalue weighted by Gasteiger charge is 2.31. The lowest BCUT2D eigenvalue weighted by atomic mass is 10.1. The Bertz CT molecular complexity index is 843. The average molecular weight is 421 g/mol. The van der Waals surface area contributed by atoms with E-state index in [2.05, 4.69) is 5.32 Å². The van der Waals surface area contributed by atoms with Crippen molar-refractivity contribution in [3.8, 4) is 0 Å². The summed E-state index contributed by atoms with van der Waals surface area (Å²) < 4.78 is 62.9. The predicted molar refractivity (Wildman–Crippen MR) is 97.7 cm³/mol. The van der Waals surface area contributed by atoms with Crippen LogP contribution in [0.15, 0.2) is 18.2 Å². The summed E-state index contributed by atoms with van der Waals surface area (Å²) in [6, 6.07) is 2.39. The summed E-state index contributed by atoms with van der Waals surface area (Å²) >= 11 is 0. The van der Waals surface area contributed by atoms with Gasteiger partial charge >= 0.3 is 6.18 Å². The Labute approximate surface area is 161 Å². The molecule has 1 atom stereocenters. The van der Waals surface area contributed by atoms with Crippen molar-refractivity contribution in [2.45, 2.75) is 25.1 Å². The highest BCUT2D eigenvalue weighted by atomic mass is 32.2. The van der Waals surface area contributed by atoms with Gasteiger partial charge in [0, 0.05) is 37.4 Å². The standard InChI is InChI=1S/C17H22F3N3O4S/c1-22(15-6-5-13(17(18,19)20)8-12(15)11-24)10-16(25)21-14-4-3-7-23(9-14)28(2,26)27/h5-6,8,11,14H,3-4,7,9-10H2,1-2H3,(H,21,25). The third kappa shape index (κ3) is 5.68. The fraction of sp³-hybridized carbons (Fsp3) is 0.529. The largest absolute Gasteiger partial charge is 0.416 e. The minimum atomic E-state index is -4.57. The Hall–Kier alpha value is -2.14. The van der Waals surface area contributed by atoms with Gasteiger partial charge in [-0.15, -0.1) is 0 Å². The molecule has 1 aliphatic rings. The molecule has 0 aromatic heterocycles. The number of halogens is 3. The van der Waals surface area contributed by atoms with Gasteiger partial charge in [0.25, 0.3) is 0 Å². The first-order valence-electron chi connectivity index (χ1n) is 8.54. The van der Waals surface area contributed by atoms with Crippen LogP contribution in [0.1, 0.15) is 28.8 Å². The van der Waals surface area contributed by atoms with Crippen LogP contribution in [0.25, 0.3) is 0 Å². The second kappa shape index (κ2) is 8.48. The maximum absolute atomic E-state index is 12.8. The number of amides is 1. The maximum Gasteiger partial charge on any atom is 0.416 e. The first-order valence-corrected chi connectivity index (χ1v) is 10.4. The van der Waals surface area contributed by atoms with E-state index in [1.807, 2.05) is 0 Å². The Morgan fingerprint density at radius 1 is 1.39 bits per heavy atom. The number of hydrogen-bond acceptors (Lipinski definition) is 5. The lowest BCUT2D eigenvalue weighted by Gasteiger charge is -2.32. The second-order valence-electron chi connectivity index (χ2n) is 6.77. The summed E-state index contributed by atoms with van der Waals surface area (Å²) in [6.45, 7) is 0.384. The minimum Gasteiger partial charge on any atom is -0.365 e. The van der Waals surface area contributed by atoms with Crippen LogP contribution in [0.2, 0.25) is 0 Å². The molecule has 2 rings (SSSR count). The SMILES string of the molecule is CN(CC(=O)NC1CCCN(S(C)(=O)=O)C1)c1ccc(C(F)(F)F)cc1C=O. The summed E-state index contributed by atoms with van der Waals surface area (Å²) in [5, 5.41) is 2.74. The number of carbonyl (C=O) groups excluding carboxylic acids is 2. The van der Waals surface area contributed by atoms with Crippen LogP contribution in [0, 0.1) is 0 Å². The molecular formula is C17H22F3N3O4S. The molecule has 28 heavy (non-hydrogen) atoms. The third-order valence-electron chi connectivity index (χ3n) is 4.49. The van der Waals surface area contributed by atoms with Gasteiger partial charge in [0.2, 0.25) is 15.9 Å². The molecule has 1 aromatic rings. The molecule has 0 spiro atoms. The number of alkyl halides is 3. The van der Waals surface area contributed by atoms with Crippen molar-refractivity contribution in [3.63, 3.8) is 0 Å². The zero-order valence-electron chi connectivity index (χ0n) is 15.5. The van der Waals surface area contributed by atoms with Crippen LogP contribution in [0.5, 0.6) is 0 Å². The van der Waals surface area contributed by atoms with Crippen molar-refractivity contribution in [3.05, 3.63) is 29.3 Å². The van der Waals surface area contributed by atoms with Crippen molar-refractivity contribution < 1.29 is 31.2 Å². The average Bonchev–Trinajstić information content (AvgIpc) is 2.59. The van der Waals surface area contributed by atoms with Gasteiger partial charge in [-0.25, -0.2) is 12.7 Å². The van der Waals surface area contributed by atoms with Crippen LogP contribution >= 0.6 is 0 Å². The lowest BCUT2D eigenvalue weighted by molar-refractivity contribution is -0.137. The monoisotopic (exact) mass is 421 g/mol. The smallest absolute Gasteiger partial charge is 0.365 e. The number of sulfonamides is 1. The number of hydrogen-bond donors (Lipinski definition) is 1. The van der Waals surface area contributed by atoms with Crippen molar-refractivity contribution in [2.75, 3.05) is 37.8 Å². The molecule has 1 aliphatic heterocycles. The number of anilines is 1. The van der Waals surface area contributed by atoms with Gasteiger partial charge in [0.1, 0.15) is 0 Å². The van der Waals surface area contributed by atoms with Crippen LogP contribution in [-0.4, -0.2) is 63.9 Å². The molecule has 0 saturated carbocycles. The van der Waals surface area contributed by atoms with E-state index < -0.39 is 27.7 Å². The number of nitrogens with one attached hydrogen (secondary N) is 1. The van der Waals surface area contributed by atoms with E-state index in [1.165, 1.54) is 16.3 Å². The summed E-state index contributed by atoms with van der Waals surface area (Å²) in [5.41, 5.74) is -0.926. The third-order valence-corrected chi connectivity index (χ3v) is 5.76. The van der Waals surface area contributed by atoms with Crippen LogP contribution in [-0.2, 0) is 21.0 Å². The molecule has 1 unspecified atom stereocenters. The second-order valence-corrected chi connectivity index (χ2v) is 8.76. The minimum absolute atomic E-state index is 0.175. The zero-order chi connectivity index (χ0) is 21.1. The molecule has 0 radical (unpaired) electrons. The molecular weight excluding hydrogens is 399 g/mol. The van der Waals surface area contributed by atoms with E-state index in [1.54, 1.807) is 0 Å². The first-order chi connectivity index (χ1) is 12.9. The van der Waals surface area contributed by atoms with E-state index in [0.717, 1.165) is 24.5 Å². The van der Waals surface area contributed by atoms with E-state index >= 15 is 0 Å². The Morgan fingerprint density at radius 3 is 2.64 bits per heavy atom. The number of carbonyl (C=O) groups is 2. The maximum atomic E-state index is 12.8. The molecule has 7 nitrogen and oxygen atoms in total. The van der Waals surface area contributed by atoms with Crippen LogP contribution in [0.4, 0.5) is 18.9 Å². The lowest BCUT2D eigenvalue weighted by Crippen LogP contribution is -2.51. The number of aldehydes is 1. The molecule has 156 valence electrons. The summed E-state index contributed by atoms with van der Waals surface area (Å²) in [6.07, 6.45) is -1.91. The van der Waals surface area contributed by atoms with Crippen molar-refractivity contribution >= 4 is 27.9 Å². The van der Waals surface area contributed by atoms with E-state index in [4.69, 9.17) is 0 Å². The van der Waals surface area contributed by atoms with E-state index in [0.29, 0.717) is 25.7 Å². The number of benzene rings is 1. The Kier molecular flexibility index (Phi) is 6.71. The summed E-state index contributed by atoms with van der Waals surface area (Å²) in [7, 11) is -1.86. The Balaban J connectivity index is 2.03. The molecule has 1 amide bonds. The highest BCUT2D eigenvalue weighted by Crippen LogP contribution is 2.32. The van der Waals surface area contributed by atoms with Crippen molar-refractivity contribution in [1.29, 1.82) is 0 Å². The summed E-state index contributed by atoms with van der Waals surface area (Å²) in [5.74, 6) is -0.417. The number of piperidine rings is 1. The van der Waals surface area contributed by atoms with Gasteiger partial charge in [-0.05, 0) is 31.0 Å². The summed E-state index contributed by atoms with van der Waals surface area (Å²) in [4.78, 5) is 24.8. The fourth-order valence-corrected chi connectivity index (χ4v) is 4.02. The normalized spacial score (nSPS) is 18.5. The molecule has 11 heteroatoms. The molecule has 0 aliphatic carbocycles. The van der Waals surface area contributed by atoms with Gasteiger partial charge in [-0.3, -0.25) is 9.59 Å². The topological polar surface area (TPSA) is 86.8 Å². The fourth-order valence-electron chi connectivity index (χ4n) is 3.11. The quantitative estimate of drug-likeness (QED) is 0.704. The van der Waals surface area contributed by atoms with E-state index in [9.17, 15) is 31.2 Å². The molecule has 1 heterocycles. The predicted octanol–water partition coefficient (Wildman–Crippen LogP) is 1.49. The highest BCUT2D eigenvalue weighted by molar-refractivity contribution is 7.88. The number of nitrogens with zero attached hydrogens (tertiary/aromatic N) is 2. The van der Waals surface area contributed by atoms with Crippen LogP contribution in [0.3, 0.4) is 0 Å². The number of rotatable bonds is 6. The van der Waals surface area contributed by atoms with Crippen LogP contribution < -0.4 is 10.2 Å². The van der Waals surface area contributed by atoms with Gasteiger partial charge in [-0.2, -0.15) is 13.2 Å².